The van der Waals surface area contributed by atoms with E-state index < -0.39 is 0 Å². The minimum atomic E-state index is 0.799. The molecule has 0 unspecified atom stereocenters. The molecule has 1 aromatic rings. The van der Waals surface area contributed by atoms with Crippen molar-refractivity contribution < 1.29 is 0 Å². The van der Waals surface area contributed by atoms with E-state index in [1.165, 1.54) is 0 Å². The van der Waals surface area contributed by atoms with Gasteiger partial charge in [-0.25, -0.2) is 0 Å². The van der Waals surface area contributed by atoms with E-state index in [0.717, 1.165) is 16.9 Å². The molecule has 0 saturated carbocycles. The predicted octanol–water partition coefficient (Wildman–Crippen LogP) is 1.91. The van der Waals surface area contributed by atoms with Gasteiger partial charge in [0.15, 0.2) is 0 Å². The van der Waals surface area contributed by atoms with E-state index >= 15 is 0 Å². The number of aryl methyl sites for hydroxylation is 1. The van der Waals surface area contributed by atoms with Crippen LogP contribution in [0.1, 0.15) is 5.56 Å². The summed E-state index contributed by atoms with van der Waals surface area (Å²) in [4.78, 5) is 3.77. The van der Waals surface area contributed by atoms with Gasteiger partial charge in [0, 0.05) is 5.69 Å². The fourth-order valence-electron chi connectivity index (χ4n) is 0.758. The number of nitrogen functional groups attached to an aromatic ring is 1. The number of aliphatic imine (C=N–C) groups is 1. The van der Waals surface area contributed by atoms with Crippen LogP contribution >= 0.6 is 0 Å². The van der Waals surface area contributed by atoms with Crippen LogP contribution in [0.4, 0.5) is 11.4 Å². The predicted molar refractivity (Wildman–Crippen MR) is 44.8 cm³/mol. The van der Waals surface area contributed by atoms with Crippen molar-refractivity contribution >= 4 is 18.1 Å². The number of nitrogens with two attached hydrogens (primary N) is 1. The maximum Gasteiger partial charge on any atom is 0.0626 e. The average molecular weight is 134 g/mol. The van der Waals surface area contributed by atoms with Gasteiger partial charge in [-0.2, -0.15) is 0 Å². The molecule has 0 aliphatic carbocycles. The Morgan fingerprint density at radius 1 is 1.50 bits per heavy atom. The summed E-state index contributed by atoms with van der Waals surface area (Å²) in [5.41, 5.74) is 8.29. The summed E-state index contributed by atoms with van der Waals surface area (Å²) in [6.07, 6.45) is 0. The van der Waals surface area contributed by atoms with E-state index in [1.807, 2.05) is 25.1 Å². The van der Waals surface area contributed by atoms with Crippen molar-refractivity contribution in [2.24, 2.45) is 4.99 Å². The van der Waals surface area contributed by atoms with E-state index in [1.54, 1.807) is 0 Å². The highest BCUT2D eigenvalue weighted by Crippen LogP contribution is 2.17. The number of rotatable bonds is 1. The highest BCUT2D eigenvalue weighted by Gasteiger charge is 1.92. The van der Waals surface area contributed by atoms with E-state index in [2.05, 4.69) is 11.7 Å². The molecule has 2 nitrogen and oxygen atoms in total. The van der Waals surface area contributed by atoms with Crippen LogP contribution < -0.4 is 5.73 Å². The van der Waals surface area contributed by atoms with Gasteiger partial charge in [0.25, 0.3) is 0 Å². The third-order valence-electron chi connectivity index (χ3n) is 1.44. The number of hydrogen-bond donors (Lipinski definition) is 1. The maximum atomic E-state index is 5.58. The van der Waals surface area contributed by atoms with Gasteiger partial charge >= 0.3 is 0 Å². The molecular weight excluding hydrogens is 124 g/mol. The molecule has 52 valence electrons. The molecule has 0 heterocycles. The zero-order chi connectivity index (χ0) is 7.56. The fourth-order valence-corrected chi connectivity index (χ4v) is 0.758. The quantitative estimate of drug-likeness (QED) is 0.462. The van der Waals surface area contributed by atoms with Crippen LogP contribution in [-0.4, -0.2) is 6.72 Å². The summed E-state index contributed by atoms with van der Waals surface area (Å²) >= 11 is 0. The lowest BCUT2D eigenvalue weighted by atomic mass is 10.2. The number of nitrogens with zero attached hydrogens (tertiary/aromatic N) is 1. The Hall–Kier alpha value is -1.31. The minimum Gasteiger partial charge on any atom is -0.399 e. The molecule has 0 radical (unpaired) electrons. The Kier molecular flexibility index (Phi) is 1.71. The van der Waals surface area contributed by atoms with Crippen molar-refractivity contribution in [2.45, 2.75) is 6.92 Å². The molecule has 1 rings (SSSR count). The second-order valence-corrected chi connectivity index (χ2v) is 2.20. The molecule has 0 spiro atoms. The van der Waals surface area contributed by atoms with Crippen LogP contribution in [0.5, 0.6) is 0 Å². The molecule has 0 amide bonds. The first kappa shape index (κ1) is 6.81. The van der Waals surface area contributed by atoms with E-state index in [9.17, 15) is 0 Å². The van der Waals surface area contributed by atoms with Gasteiger partial charge in [-0.1, -0.05) is 0 Å². The summed E-state index contributed by atoms with van der Waals surface area (Å²) in [5.74, 6) is 0. The molecular formula is C8H10N2. The molecule has 0 bridgehead atoms. The van der Waals surface area contributed by atoms with Gasteiger partial charge in [-0.05, 0) is 37.4 Å². The number of anilines is 1. The molecule has 0 aliphatic heterocycles. The Balaban J connectivity index is 3.16. The first-order chi connectivity index (χ1) is 4.74. The Labute approximate surface area is 60.4 Å². The minimum absolute atomic E-state index is 0.799. The third-order valence-corrected chi connectivity index (χ3v) is 1.44. The van der Waals surface area contributed by atoms with Gasteiger partial charge in [0.05, 0.1) is 5.69 Å². The summed E-state index contributed by atoms with van der Waals surface area (Å²) in [6, 6.07) is 5.58. The topological polar surface area (TPSA) is 38.4 Å². The smallest absolute Gasteiger partial charge is 0.0626 e. The van der Waals surface area contributed by atoms with Crippen LogP contribution in [-0.2, 0) is 0 Å². The summed E-state index contributed by atoms with van der Waals surface area (Å²) in [6.45, 7) is 5.36. The van der Waals surface area contributed by atoms with E-state index in [4.69, 9.17) is 5.73 Å². The van der Waals surface area contributed by atoms with Gasteiger partial charge in [-0.15, -0.1) is 0 Å². The van der Waals surface area contributed by atoms with Crippen LogP contribution in [0.3, 0.4) is 0 Å². The van der Waals surface area contributed by atoms with Crippen molar-refractivity contribution in [1.82, 2.24) is 0 Å². The van der Waals surface area contributed by atoms with Gasteiger partial charge in [0.2, 0.25) is 0 Å². The van der Waals surface area contributed by atoms with Gasteiger partial charge < -0.3 is 5.73 Å². The highest BCUT2D eigenvalue weighted by molar-refractivity contribution is 5.56. The maximum absolute atomic E-state index is 5.58. The normalized spacial score (nSPS) is 9.30. The second-order valence-electron chi connectivity index (χ2n) is 2.20. The van der Waals surface area contributed by atoms with Crippen molar-refractivity contribution in [3.05, 3.63) is 23.8 Å². The third kappa shape index (κ3) is 1.16. The Morgan fingerprint density at radius 3 is 2.70 bits per heavy atom. The summed E-state index contributed by atoms with van der Waals surface area (Å²) < 4.78 is 0. The lowest BCUT2D eigenvalue weighted by Crippen LogP contribution is -1.86. The Bertz CT molecular complexity index is 253. The summed E-state index contributed by atoms with van der Waals surface area (Å²) in [5, 5.41) is 0. The molecule has 0 atom stereocenters. The van der Waals surface area contributed by atoms with Crippen molar-refractivity contribution in [2.75, 3.05) is 5.73 Å². The first-order valence-electron chi connectivity index (χ1n) is 3.07. The van der Waals surface area contributed by atoms with E-state index in [-0.39, 0.29) is 0 Å². The lowest BCUT2D eigenvalue weighted by Gasteiger charge is -1.98. The second kappa shape index (κ2) is 2.52. The van der Waals surface area contributed by atoms with E-state index in [0.29, 0.717) is 0 Å². The SMILES string of the molecule is C=Nc1ccc(N)c(C)c1. The molecule has 0 aliphatic rings. The van der Waals surface area contributed by atoms with Gasteiger partial charge in [0.1, 0.15) is 0 Å². The highest BCUT2D eigenvalue weighted by atomic mass is 14.7. The lowest BCUT2D eigenvalue weighted by molar-refractivity contribution is 1.44. The van der Waals surface area contributed by atoms with Crippen LogP contribution in [0.25, 0.3) is 0 Å². The Morgan fingerprint density at radius 2 is 2.20 bits per heavy atom. The average Bonchev–Trinajstić information content (AvgIpc) is 1.95. The zero-order valence-electron chi connectivity index (χ0n) is 5.96. The van der Waals surface area contributed by atoms with Crippen molar-refractivity contribution in [3.63, 3.8) is 0 Å². The van der Waals surface area contributed by atoms with Crippen LogP contribution in [0.2, 0.25) is 0 Å². The monoisotopic (exact) mass is 134 g/mol. The van der Waals surface area contributed by atoms with Crippen molar-refractivity contribution in [1.29, 1.82) is 0 Å². The fraction of sp³-hybridized carbons (Fsp3) is 0.125. The number of hydrogen-bond acceptors (Lipinski definition) is 2. The molecule has 2 heteroatoms. The molecule has 0 aromatic heterocycles. The largest absolute Gasteiger partial charge is 0.399 e. The first-order valence-corrected chi connectivity index (χ1v) is 3.07. The molecule has 0 saturated heterocycles. The summed E-state index contributed by atoms with van der Waals surface area (Å²) in [7, 11) is 0. The zero-order valence-corrected chi connectivity index (χ0v) is 5.96. The van der Waals surface area contributed by atoms with Gasteiger partial charge in [-0.3, -0.25) is 4.99 Å². The molecule has 0 fully saturated rings. The van der Waals surface area contributed by atoms with Crippen LogP contribution in [0, 0.1) is 6.92 Å². The standard InChI is InChI=1S/C8H10N2/c1-6-5-7(10-2)3-4-8(6)9/h3-5H,2,9H2,1H3. The van der Waals surface area contributed by atoms with Crippen LogP contribution in [0.15, 0.2) is 23.2 Å². The molecule has 10 heavy (non-hydrogen) atoms. The number of benzene rings is 1. The molecule has 2 N–H and O–H groups in total. The van der Waals surface area contributed by atoms with Crippen molar-refractivity contribution in [3.8, 4) is 0 Å². The molecule has 1 aromatic carbocycles.